The average Bonchev–Trinajstić information content (AvgIpc) is 2.40. The van der Waals surface area contributed by atoms with Gasteiger partial charge in [-0.25, -0.2) is 0 Å². The van der Waals surface area contributed by atoms with E-state index in [4.69, 9.17) is 0 Å². The van der Waals surface area contributed by atoms with Gasteiger partial charge in [0.25, 0.3) is 0 Å². The SMILES string of the molecule is CCC[C@H]1CC[C@H]([C@H]2CC[C@H](CBr)CC2)CC1. The van der Waals surface area contributed by atoms with Gasteiger partial charge in [-0.3, -0.25) is 0 Å². The molecule has 0 N–H and O–H groups in total. The van der Waals surface area contributed by atoms with E-state index >= 15 is 0 Å². The molecule has 17 heavy (non-hydrogen) atoms. The first-order valence-corrected chi connectivity index (χ1v) is 9.01. The van der Waals surface area contributed by atoms with E-state index in [1.54, 1.807) is 12.8 Å². The molecule has 2 rings (SSSR count). The van der Waals surface area contributed by atoms with Gasteiger partial charge in [0.15, 0.2) is 0 Å². The zero-order chi connectivity index (χ0) is 12.1. The molecule has 0 aliphatic heterocycles. The lowest BCUT2D eigenvalue weighted by Gasteiger charge is -2.37. The Hall–Kier alpha value is 0.480. The lowest BCUT2D eigenvalue weighted by molar-refractivity contribution is 0.148. The van der Waals surface area contributed by atoms with E-state index in [0.717, 1.165) is 23.7 Å². The molecule has 0 nitrogen and oxygen atoms in total. The third kappa shape index (κ3) is 3.98. The van der Waals surface area contributed by atoms with Gasteiger partial charge in [-0.15, -0.1) is 0 Å². The minimum atomic E-state index is 0.989. The molecule has 1 heteroatoms. The van der Waals surface area contributed by atoms with Crippen molar-refractivity contribution in [1.29, 1.82) is 0 Å². The number of halogens is 1. The first-order valence-electron chi connectivity index (χ1n) is 7.89. The Labute approximate surface area is 116 Å². The maximum Gasteiger partial charge on any atom is 0.00596 e. The third-order valence-electron chi connectivity index (χ3n) is 5.36. The fraction of sp³-hybridized carbons (Fsp3) is 1.00. The number of hydrogen-bond acceptors (Lipinski definition) is 0. The van der Waals surface area contributed by atoms with Crippen LogP contribution in [0, 0.1) is 23.7 Å². The summed E-state index contributed by atoms with van der Waals surface area (Å²) in [5.74, 6) is 4.25. The summed E-state index contributed by atoms with van der Waals surface area (Å²) >= 11 is 3.65. The summed E-state index contributed by atoms with van der Waals surface area (Å²) in [7, 11) is 0. The molecule has 0 radical (unpaired) electrons. The molecule has 0 spiro atoms. The molecular formula is C16H29Br. The van der Waals surface area contributed by atoms with E-state index in [9.17, 15) is 0 Å². The minimum Gasteiger partial charge on any atom is -0.0925 e. The van der Waals surface area contributed by atoms with Crippen LogP contribution < -0.4 is 0 Å². The van der Waals surface area contributed by atoms with Crippen LogP contribution in [0.5, 0.6) is 0 Å². The van der Waals surface area contributed by atoms with Crippen molar-refractivity contribution in [2.24, 2.45) is 23.7 Å². The molecule has 2 fully saturated rings. The summed E-state index contributed by atoms with van der Waals surface area (Å²) in [5.41, 5.74) is 0. The van der Waals surface area contributed by atoms with Crippen LogP contribution in [0.25, 0.3) is 0 Å². The fourth-order valence-electron chi connectivity index (χ4n) is 4.17. The van der Waals surface area contributed by atoms with E-state index in [1.165, 1.54) is 56.7 Å². The summed E-state index contributed by atoms with van der Waals surface area (Å²) in [4.78, 5) is 0. The molecule has 0 aromatic heterocycles. The Morgan fingerprint density at radius 2 is 1.24 bits per heavy atom. The molecule has 100 valence electrons. The summed E-state index contributed by atoms with van der Waals surface area (Å²) in [6.07, 6.45) is 15.1. The molecule has 2 aliphatic rings. The van der Waals surface area contributed by atoms with Crippen LogP contribution in [0.2, 0.25) is 0 Å². The highest BCUT2D eigenvalue weighted by Gasteiger charge is 2.30. The van der Waals surface area contributed by atoms with Gasteiger partial charge in [0.05, 0.1) is 0 Å². The van der Waals surface area contributed by atoms with Crippen molar-refractivity contribution in [2.45, 2.75) is 71.1 Å². The first-order chi connectivity index (χ1) is 8.33. The Morgan fingerprint density at radius 1 is 0.765 bits per heavy atom. The third-order valence-corrected chi connectivity index (χ3v) is 6.28. The predicted octanol–water partition coefficient (Wildman–Crippen LogP) is 5.79. The van der Waals surface area contributed by atoms with Crippen molar-refractivity contribution in [3.63, 3.8) is 0 Å². The molecule has 2 aliphatic carbocycles. The quantitative estimate of drug-likeness (QED) is 0.576. The van der Waals surface area contributed by atoms with E-state index in [1.807, 2.05) is 0 Å². The second kappa shape index (κ2) is 7.16. The van der Waals surface area contributed by atoms with Crippen molar-refractivity contribution >= 4 is 15.9 Å². The van der Waals surface area contributed by atoms with Crippen molar-refractivity contribution in [3.05, 3.63) is 0 Å². The van der Waals surface area contributed by atoms with Gasteiger partial charge >= 0.3 is 0 Å². The van der Waals surface area contributed by atoms with Crippen LogP contribution in [0.1, 0.15) is 71.1 Å². The largest absolute Gasteiger partial charge is 0.0925 e. The molecule has 0 amide bonds. The molecule has 0 unspecified atom stereocenters. The van der Waals surface area contributed by atoms with E-state index < -0.39 is 0 Å². The van der Waals surface area contributed by atoms with Crippen LogP contribution >= 0.6 is 15.9 Å². The highest BCUT2D eigenvalue weighted by molar-refractivity contribution is 9.09. The second-order valence-corrected chi connectivity index (χ2v) is 7.15. The van der Waals surface area contributed by atoms with Gasteiger partial charge in [0.1, 0.15) is 0 Å². The van der Waals surface area contributed by atoms with Gasteiger partial charge in [-0.1, -0.05) is 48.5 Å². The standard InChI is InChI=1S/C16H29Br/c1-2-3-13-4-8-15(9-5-13)16-10-6-14(12-17)7-11-16/h13-16H,2-12H2,1H3/t13-,14-,15-,16-. The smallest absolute Gasteiger partial charge is 0.00596 e. The van der Waals surface area contributed by atoms with Gasteiger partial charge in [-0.05, 0) is 62.2 Å². The van der Waals surface area contributed by atoms with Crippen molar-refractivity contribution in [3.8, 4) is 0 Å². The Bertz CT molecular complexity index is 198. The maximum absolute atomic E-state index is 3.65. The molecule has 2 saturated carbocycles. The molecule has 0 aromatic rings. The zero-order valence-corrected chi connectivity index (χ0v) is 13.1. The van der Waals surface area contributed by atoms with Crippen LogP contribution in [-0.4, -0.2) is 5.33 Å². The Kier molecular flexibility index (Phi) is 5.86. The van der Waals surface area contributed by atoms with E-state index in [0.29, 0.717) is 0 Å². The molecule has 0 saturated heterocycles. The van der Waals surface area contributed by atoms with Crippen molar-refractivity contribution in [1.82, 2.24) is 0 Å². The highest BCUT2D eigenvalue weighted by Crippen LogP contribution is 2.42. The Morgan fingerprint density at radius 3 is 1.65 bits per heavy atom. The van der Waals surface area contributed by atoms with Crippen LogP contribution in [0.3, 0.4) is 0 Å². The molecule has 0 atom stereocenters. The normalized spacial score (nSPS) is 39.2. The van der Waals surface area contributed by atoms with Crippen LogP contribution in [0.4, 0.5) is 0 Å². The summed E-state index contributed by atoms with van der Waals surface area (Å²) in [5, 5.41) is 1.24. The van der Waals surface area contributed by atoms with Gasteiger partial charge in [0.2, 0.25) is 0 Å². The number of hydrogen-bond donors (Lipinski definition) is 0. The lowest BCUT2D eigenvalue weighted by Crippen LogP contribution is -2.26. The lowest BCUT2D eigenvalue weighted by atomic mass is 9.69. The predicted molar refractivity (Wildman–Crippen MR) is 79.6 cm³/mol. The van der Waals surface area contributed by atoms with Crippen molar-refractivity contribution in [2.75, 3.05) is 5.33 Å². The molecule has 0 aromatic carbocycles. The van der Waals surface area contributed by atoms with E-state index in [-0.39, 0.29) is 0 Å². The van der Waals surface area contributed by atoms with Crippen LogP contribution in [-0.2, 0) is 0 Å². The molecule has 0 bridgehead atoms. The second-order valence-electron chi connectivity index (χ2n) is 6.50. The maximum atomic E-state index is 3.65. The molecule has 0 heterocycles. The summed E-state index contributed by atoms with van der Waals surface area (Å²) in [6, 6.07) is 0. The van der Waals surface area contributed by atoms with Gasteiger partial charge in [0, 0.05) is 5.33 Å². The number of alkyl halides is 1. The highest BCUT2D eigenvalue weighted by atomic mass is 79.9. The van der Waals surface area contributed by atoms with E-state index in [2.05, 4.69) is 22.9 Å². The Balaban J connectivity index is 1.70. The minimum absolute atomic E-state index is 0.989. The van der Waals surface area contributed by atoms with Crippen LogP contribution in [0.15, 0.2) is 0 Å². The topological polar surface area (TPSA) is 0 Å². The first kappa shape index (κ1) is 13.9. The number of rotatable bonds is 4. The zero-order valence-electron chi connectivity index (χ0n) is 11.5. The van der Waals surface area contributed by atoms with Gasteiger partial charge < -0.3 is 0 Å². The average molecular weight is 301 g/mol. The van der Waals surface area contributed by atoms with Gasteiger partial charge in [-0.2, -0.15) is 0 Å². The summed E-state index contributed by atoms with van der Waals surface area (Å²) in [6.45, 7) is 2.34. The van der Waals surface area contributed by atoms with Crippen molar-refractivity contribution < 1.29 is 0 Å². The monoisotopic (exact) mass is 300 g/mol. The summed E-state index contributed by atoms with van der Waals surface area (Å²) < 4.78 is 0. The molecular weight excluding hydrogens is 272 g/mol. The fourth-order valence-corrected chi connectivity index (χ4v) is 4.82.